The van der Waals surface area contributed by atoms with E-state index in [4.69, 9.17) is 9.47 Å². The molecule has 86 valence electrons. The summed E-state index contributed by atoms with van der Waals surface area (Å²) in [4.78, 5) is 33.4. The number of allylic oxidation sites excluding steroid dienone is 2. The summed E-state index contributed by atoms with van der Waals surface area (Å²) in [6.07, 6.45) is 4.29. The van der Waals surface area contributed by atoms with Crippen molar-refractivity contribution in [2.45, 2.75) is 26.4 Å². The largest absolute Gasteiger partial charge is 0.447 e. The summed E-state index contributed by atoms with van der Waals surface area (Å²) >= 11 is 0. The zero-order valence-corrected chi connectivity index (χ0v) is 9.27. The van der Waals surface area contributed by atoms with E-state index in [-0.39, 0.29) is 5.76 Å². The Morgan fingerprint density at radius 1 is 1.25 bits per heavy atom. The molecule has 0 N–H and O–H groups in total. The molecule has 0 saturated heterocycles. The number of hydrogen-bond acceptors (Lipinski definition) is 5. The van der Waals surface area contributed by atoms with Crippen LogP contribution in [0.1, 0.15) is 20.8 Å². The third-order valence-electron chi connectivity index (χ3n) is 1.95. The molecule has 0 aromatic rings. The first-order valence-corrected chi connectivity index (χ1v) is 4.67. The highest BCUT2D eigenvalue weighted by molar-refractivity contribution is 6.05. The van der Waals surface area contributed by atoms with Gasteiger partial charge in [-0.2, -0.15) is 0 Å². The van der Waals surface area contributed by atoms with Crippen molar-refractivity contribution < 1.29 is 23.9 Å². The topological polar surface area (TPSA) is 69.7 Å². The highest BCUT2D eigenvalue weighted by Gasteiger charge is 2.39. The van der Waals surface area contributed by atoms with Crippen molar-refractivity contribution in [1.82, 2.24) is 0 Å². The van der Waals surface area contributed by atoms with Crippen LogP contribution in [0.4, 0.5) is 0 Å². The molecule has 0 fully saturated rings. The fourth-order valence-corrected chi connectivity index (χ4v) is 1.33. The van der Waals surface area contributed by atoms with E-state index in [0.29, 0.717) is 0 Å². The van der Waals surface area contributed by atoms with Gasteiger partial charge in [-0.25, -0.2) is 0 Å². The number of carbonyl (C=O) groups excluding carboxylic acids is 3. The molecule has 0 aromatic carbocycles. The fourth-order valence-electron chi connectivity index (χ4n) is 1.33. The lowest BCUT2D eigenvalue weighted by Crippen LogP contribution is -2.41. The molecule has 0 spiro atoms. The molecule has 1 atom stereocenters. The van der Waals surface area contributed by atoms with Gasteiger partial charge in [0.15, 0.2) is 11.4 Å². The van der Waals surface area contributed by atoms with Crippen LogP contribution in [0, 0.1) is 0 Å². The van der Waals surface area contributed by atoms with Gasteiger partial charge < -0.3 is 9.47 Å². The summed E-state index contributed by atoms with van der Waals surface area (Å²) < 4.78 is 9.61. The van der Waals surface area contributed by atoms with Gasteiger partial charge in [-0.3, -0.25) is 14.4 Å². The van der Waals surface area contributed by atoms with Crippen LogP contribution in [0.25, 0.3) is 0 Å². The Bertz CT molecular complexity index is 405. The first-order valence-electron chi connectivity index (χ1n) is 4.67. The minimum Gasteiger partial charge on any atom is -0.447 e. The van der Waals surface area contributed by atoms with Crippen LogP contribution in [0.15, 0.2) is 24.0 Å². The lowest BCUT2D eigenvalue weighted by Gasteiger charge is -2.26. The van der Waals surface area contributed by atoms with Gasteiger partial charge in [-0.1, -0.05) is 6.08 Å². The van der Waals surface area contributed by atoms with E-state index < -0.39 is 23.3 Å². The third-order valence-corrected chi connectivity index (χ3v) is 1.95. The number of Topliss-reactive ketones (excluding diaryl/α,β-unsaturated/α-hetero) is 1. The van der Waals surface area contributed by atoms with Gasteiger partial charge >= 0.3 is 11.9 Å². The first kappa shape index (κ1) is 12.2. The molecule has 5 nitrogen and oxygen atoms in total. The molecule has 1 unspecified atom stereocenters. The third kappa shape index (κ3) is 2.56. The lowest BCUT2D eigenvalue weighted by atomic mass is 9.94. The van der Waals surface area contributed by atoms with Gasteiger partial charge in [0, 0.05) is 13.8 Å². The zero-order valence-electron chi connectivity index (χ0n) is 9.27. The molecule has 0 aliphatic heterocycles. The second kappa shape index (κ2) is 4.30. The smallest absolute Gasteiger partial charge is 0.308 e. The standard InChI is InChI=1S/C11H12O5/c1-7(12)15-9-5-4-6-11(3,10(9)14)16-8(2)13/h4-6H,1-3H3. The predicted molar refractivity (Wildman–Crippen MR) is 54.2 cm³/mol. The van der Waals surface area contributed by atoms with E-state index in [9.17, 15) is 14.4 Å². The van der Waals surface area contributed by atoms with Crippen LogP contribution in [0.2, 0.25) is 0 Å². The second-order valence-electron chi connectivity index (χ2n) is 3.51. The maximum absolute atomic E-state index is 11.8. The molecule has 16 heavy (non-hydrogen) atoms. The fraction of sp³-hybridized carbons (Fsp3) is 0.364. The van der Waals surface area contributed by atoms with E-state index in [1.54, 1.807) is 0 Å². The second-order valence-corrected chi connectivity index (χ2v) is 3.51. The van der Waals surface area contributed by atoms with Crippen molar-refractivity contribution in [1.29, 1.82) is 0 Å². The van der Waals surface area contributed by atoms with Crippen LogP contribution in [0.3, 0.4) is 0 Å². The number of carbonyl (C=O) groups is 3. The number of hydrogen-bond donors (Lipinski definition) is 0. The normalized spacial score (nSPS) is 23.7. The lowest BCUT2D eigenvalue weighted by molar-refractivity contribution is -0.159. The van der Waals surface area contributed by atoms with Crippen molar-refractivity contribution in [3.63, 3.8) is 0 Å². The monoisotopic (exact) mass is 224 g/mol. The minimum absolute atomic E-state index is 0.126. The molecule has 0 radical (unpaired) electrons. The molecule has 1 rings (SSSR count). The Labute approximate surface area is 92.7 Å². The summed E-state index contributed by atoms with van der Waals surface area (Å²) in [6, 6.07) is 0. The van der Waals surface area contributed by atoms with Crippen LogP contribution < -0.4 is 0 Å². The number of esters is 2. The number of ether oxygens (including phenoxy) is 2. The van der Waals surface area contributed by atoms with Crippen molar-refractivity contribution in [3.8, 4) is 0 Å². The van der Waals surface area contributed by atoms with Crippen molar-refractivity contribution in [3.05, 3.63) is 24.0 Å². The maximum Gasteiger partial charge on any atom is 0.308 e. The van der Waals surface area contributed by atoms with Gasteiger partial charge in [0.25, 0.3) is 0 Å². The quantitative estimate of drug-likeness (QED) is 0.651. The molecule has 0 heterocycles. The molecule has 1 aliphatic carbocycles. The van der Waals surface area contributed by atoms with Crippen LogP contribution >= 0.6 is 0 Å². The average molecular weight is 224 g/mol. The van der Waals surface area contributed by atoms with Crippen LogP contribution in [-0.2, 0) is 23.9 Å². The van der Waals surface area contributed by atoms with Crippen molar-refractivity contribution >= 4 is 17.7 Å². The number of ketones is 1. The maximum atomic E-state index is 11.8. The SMILES string of the molecule is CC(=O)OC1=CC=CC(C)(OC(C)=O)C1=O. The van der Waals surface area contributed by atoms with E-state index in [0.717, 1.165) is 0 Å². The van der Waals surface area contributed by atoms with Gasteiger partial charge in [0.1, 0.15) is 0 Å². The molecule has 1 aliphatic rings. The summed E-state index contributed by atoms with van der Waals surface area (Å²) in [5, 5.41) is 0. The van der Waals surface area contributed by atoms with Gasteiger partial charge in [0.2, 0.25) is 5.78 Å². The molecular weight excluding hydrogens is 212 g/mol. The molecular formula is C11H12O5. The summed E-state index contributed by atoms with van der Waals surface area (Å²) in [7, 11) is 0. The Hall–Kier alpha value is -1.91. The van der Waals surface area contributed by atoms with Crippen molar-refractivity contribution in [2.75, 3.05) is 0 Å². The van der Waals surface area contributed by atoms with Crippen LogP contribution in [-0.4, -0.2) is 23.3 Å². The highest BCUT2D eigenvalue weighted by atomic mass is 16.6. The summed E-state index contributed by atoms with van der Waals surface area (Å²) in [6.45, 7) is 3.83. The van der Waals surface area contributed by atoms with Gasteiger partial charge in [-0.15, -0.1) is 0 Å². The first-order chi connectivity index (χ1) is 7.35. The van der Waals surface area contributed by atoms with E-state index in [1.807, 2.05) is 0 Å². The predicted octanol–water partition coefficient (Wildman–Crippen LogP) is 0.894. The van der Waals surface area contributed by atoms with E-state index in [2.05, 4.69) is 0 Å². The van der Waals surface area contributed by atoms with Gasteiger partial charge in [0.05, 0.1) is 0 Å². The van der Waals surface area contributed by atoms with Gasteiger partial charge in [-0.05, 0) is 19.1 Å². The summed E-state index contributed by atoms with van der Waals surface area (Å²) in [5.41, 5.74) is -1.40. The Morgan fingerprint density at radius 3 is 2.38 bits per heavy atom. The molecule has 0 bridgehead atoms. The number of rotatable bonds is 2. The molecule has 0 aromatic heterocycles. The molecule has 0 amide bonds. The van der Waals surface area contributed by atoms with E-state index in [1.165, 1.54) is 39.0 Å². The molecule has 5 heteroatoms. The Kier molecular flexibility index (Phi) is 3.27. The average Bonchev–Trinajstić information content (AvgIpc) is 2.11. The van der Waals surface area contributed by atoms with Crippen LogP contribution in [0.5, 0.6) is 0 Å². The molecule has 0 saturated carbocycles. The zero-order chi connectivity index (χ0) is 12.3. The highest BCUT2D eigenvalue weighted by Crippen LogP contribution is 2.23. The Balaban J connectivity index is 2.92. The summed E-state index contributed by atoms with van der Waals surface area (Å²) in [5.74, 6) is -1.86. The van der Waals surface area contributed by atoms with E-state index >= 15 is 0 Å². The Morgan fingerprint density at radius 2 is 1.88 bits per heavy atom. The van der Waals surface area contributed by atoms with Crippen molar-refractivity contribution in [2.24, 2.45) is 0 Å². The minimum atomic E-state index is -1.40.